The molecule has 0 saturated heterocycles. The standard InChI is InChI=1S/C10H8BrN3/c11-4-2-1-3-8-5-9(6-12)10(13)14-7-8/h5,7H,2,4H2,(H2,13,14). The molecule has 1 rings (SSSR count). The van der Waals surface area contributed by atoms with Gasteiger partial charge < -0.3 is 5.73 Å². The van der Waals surface area contributed by atoms with Crippen molar-refractivity contribution in [2.24, 2.45) is 0 Å². The third-order valence-corrected chi connectivity index (χ3v) is 1.89. The van der Waals surface area contributed by atoms with Gasteiger partial charge in [0, 0.05) is 23.5 Å². The van der Waals surface area contributed by atoms with E-state index in [-0.39, 0.29) is 5.82 Å². The molecule has 0 saturated carbocycles. The fourth-order valence-corrected chi connectivity index (χ4v) is 1.04. The van der Waals surface area contributed by atoms with Crippen LogP contribution < -0.4 is 5.73 Å². The Hall–Kier alpha value is -1.52. The Kier molecular flexibility index (Phi) is 3.97. The quantitative estimate of drug-likeness (QED) is 0.609. The molecule has 14 heavy (non-hydrogen) atoms. The highest BCUT2D eigenvalue weighted by molar-refractivity contribution is 9.09. The second kappa shape index (κ2) is 5.26. The predicted octanol–water partition coefficient (Wildman–Crippen LogP) is 1.67. The van der Waals surface area contributed by atoms with Gasteiger partial charge in [0.15, 0.2) is 0 Å². The van der Waals surface area contributed by atoms with Gasteiger partial charge in [-0.3, -0.25) is 0 Å². The van der Waals surface area contributed by atoms with E-state index in [0.717, 1.165) is 17.3 Å². The van der Waals surface area contributed by atoms with Crippen molar-refractivity contribution in [1.29, 1.82) is 5.26 Å². The van der Waals surface area contributed by atoms with Crippen molar-refractivity contribution in [3.05, 3.63) is 23.4 Å². The van der Waals surface area contributed by atoms with Gasteiger partial charge >= 0.3 is 0 Å². The maximum absolute atomic E-state index is 8.69. The average Bonchev–Trinajstić information content (AvgIpc) is 2.21. The molecule has 3 nitrogen and oxygen atoms in total. The van der Waals surface area contributed by atoms with Crippen molar-refractivity contribution in [2.75, 3.05) is 11.1 Å². The number of hydrogen-bond donors (Lipinski definition) is 1. The Morgan fingerprint density at radius 2 is 2.36 bits per heavy atom. The molecule has 0 radical (unpaired) electrons. The van der Waals surface area contributed by atoms with E-state index in [9.17, 15) is 0 Å². The first-order valence-electron chi connectivity index (χ1n) is 3.98. The molecule has 0 aromatic carbocycles. The molecular formula is C10H8BrN3. The van der Waals surface area contributed by atoms with Crippen molar-refractivity contribution >= 4 is 21.7 Å². The lowest BCUT2D eigenvalue weighted by atomic mass is 10.2. The third kappa shape index (κ3) is 2.76. The summed E-state index contributed by atoms with van der Waals surface area (Å²) in [5, 5.41) is 9.53. The molecule has 1 aromatic heterocycles. The fourth-order valence-electron chi connectivity index (χ4n) is 0.845. The number of nitriles is 1. The molecule has 0 amide bonds. The number of halogens is 1. The summed E-state index contributed by atoms with van der Waals surface area (Å²) in [6.07, 6.45) is 2.34. The first-order valence-corrected chi connectivity index (χ1v) is 5.10. The Labute approximate surface area is 91.1 Å². The zero-order valence-corrected chi connectivity index (χ0v) is 9.00. The first kappa shape index (κ1) is 10.6. The molecule has 0 fully saturated rings. The van der Waals surface area contributed by atoms with Gasteiger partial charge in [0.05, 0.1) is 5.56 Å². The molecule has 2 N–H and O–H groups in total. The monoisotopic (exact) mass is 249 g/mol. The second-order valence-electron chi connectivity index (χ2n) is 2.51. The van der Waals surface area contributed by atoms with Gasteiger partial charge in [-0.1, -0.05) is 27.8 Å². The third-order valence-electron chi connectivity index (χ3n) is 1.49. The van der Waals surface area contributed by atoms with E-state index in [0.29, 0.717) is 5.56 Å². The van der Waals surface area contributed by atoms with Crippen LogP contribution in [0.3, 0.4) is 0 Å². The number of rotatable bonds is 1. The highest BCUT2D eigenvalue weighted by atomic mass is 79.9. The van der Waals surface area contributed by atoms with E-state index in [2.05, 4.69) is 32.8 Å². The molecule has 0 aliphatic rings. The van der Waals surface area contributed by atoms with Gasteiger partial charge in [-0.2, -0.15) is 5.26 Å². The van der Waals surface area contributed by atoms with Crippen LogP contribution in [0.15, 0.2) is 12.3 Å². The average molecular weight is 250 g/mol. The van der Waals surface area contributed by atoms with Crippen LogP contribution in [0.1, 0.15) is 17.5 Å². The second-order valence-corrected chi connectivity index (χ2v) is 3.30. The van der Waals surface area contributed by atoms with Crippen molar-refractivity contribution in [3.8, 4) is 17.9 Å². The van der Waals surface area contributed by atoms with E-state index < -0.39 is 0 Å². The molecule has 0 bridgehead atoms. The summed E-state index contributed by atoms with van der Waals surface area (Å²) in [7, 11) is 0. The number of nitrogens with zero attached hydrogens (tertiary/aromatic N) is 2. The van der Waals surface area contributed by atoms with Crippen molar-refractivity contribution in [2.45, 2.75) is 6.42 Å². The molecule has 0 atom stereocenters. The van der Waals surface area contributed by atoms with Crippen molar-refractivity contribution in [1.82, 2.24) is 4.98 Å². The normalized spacial score (nSPS) is 8.57. The Bertz CT molecular complexity index is 423. The summed E-state index contributed by atoms with van der Waals surface area (Å²) in [5.41, 5.74) is 6.56. The maximum Gasteiger partial charge on any atom is 0.141 e. The number of anilines is 1. The summed E-state index contributed by atoms with van der Waals surface area (Å²) in [4.78, 5) is 3.87. The molecule has 70 valence electrons. The SMILES string of the molecule is N#Cc1cc(C#CCCBr)cnc1N. The lowest BCUT2D eigenvalue weighted by Gasteiger charge is -1.95. The van der Waals surface area contributed by atoms with Crippen molar-refractivity contribution in [3.63, 3.8) is 0 Å². The summed E-state index contributed by atoms with van der Waals surface area (Å²) in [6.45, 7) is 0. The van der Waals surface area contributed by atoms with Gasteiger partial charge in [-0.25, -0.2) is 4.98 Å². The first-order chi connectivity index (χ1) is 6.77. The van der Waals surface area contributed by atoms with E-state index in [1.54, 1.807) is 12.3 Å². The summed E-state index contributed by atoms with van der Waals surface area (Å²) in [6, 6.07) is 3.60. The van der Waals surface area contributed by atoms with Crippen LogP contribution in [0.25, 0.3) is 0 Å². The van der Waals surface area contributed by atoms with Crippen LogP contribution >= 0.6 is 15.9 Å². The van der Waals surface area contributed by atoms with Crippen LogP contribution in [0.5, 0.6) is 0 Å². The molecular weight excluding hydrogens is 242 g/mol. The van der Waals surface area contributed by atoms with Gasteiger partial charge in [-0.15, -0.1) is 0 Å². The highest BCUT2D eigenvalue weighted by Crippen LogP contribution is 2.08. The molecule has 4 heteroatoms. The topological polar surface area (TPSA) is 62.7 Å². The lowest BCUT2D eigenvalue weighted by Crippen LogP contribution is -1.94. The minimum atomic E-state index is 0.249. The van der Waals surface area contributed by atoms with E-state index in [1.165, 1.54) is 0 Å². The summed E-state index contributed by atoms with van der Waals surface area (Å²) >= 11 is 3.27. The predicted molar refractivity (Wildman–Crippen MR) is 58.7 cm³/mol. The minimum Gasteiger partial charge on any atom is -0.383 e. The van der Waals surface area contributed by atoms with E-state index in [4.69, 9.17) is 11.0 Å². The molecule has 0 aliphatic carbocycles. The number of pyridine rings is 1. The Balaban J connectivity index is 2.93. The minimum absolute atomic E-state index is 0.249. The number of hydrogen-bond acceptors (Lipinski definition) is 3. The van der Waals surface area contributed by atoms with Gasteiger partial charge in [0.25, 0.3) is 0 Å². The Morgan fingerprint density at radius 1 is 1.57 bits per heavy atom. The Morgan fingerprint density at radius 3 is 3.00 bits per heavy atom. The van der Waals surface area contributed by atoms with Crippen molar-refractivity contribution < 1.29 is 0 Å². The van der Waals surface area contributed by atoms with Crippen LogP contribution in [0, 0.1) is 23.2 Å². The number of nitrogen functional groups attached to an aromatic ring is 1. The van der Waals surface area contributed by atoms with E-state index in [1.807, 2.05) is 6.07 Å². The smallest absolute Gasteiger partial charge is 0.141 e. The summed E-state index contributed by atoms with van der Waals surface area (Å²) in [5.74, 6) is 6.08. The van der Waals surface area contributed by atoms with Crippen LogP contribution in [-0.2, 0) is 0 Å². The molecule has 0 spiro atoms. The lowest BCUT2D eigenvalue weighted by molar-refractivity contribution is 1.29. The van der Waals surface area contributed by atoms with Crippen LogP contribution in [0.4, 0.5) is 5.82 Å². The van der Waals surface area contributed by atoms with Gasteiger partial charge in [0.1, 0.15) is 11.9 Å². The molecule has 1 aromatic rings. The largest absolute Gasteiger partial charge is 0.383 e. The highest BCUT2D eigenvalue weighted by Gasteiger charge is 1.98. The van der Waals surface area contributed by atoms with Gasteiger partial charge in [-0.05, 0) is 6.07 Å². The maximum atomic E-state index is 8.69. The zero-order valence-electron chi connectivity index (χ0n) is 7.42. The van der Waals surface area contributed by atoms with E-state index >= 15 is 0 Å². The van der Waals surface area contributed by atoms with Crippen LogP contribution in [0.2, 0.25) is 0 Å². The number of nitrogens with two attached hydrogens (primary N) is 1. The molecule has 0 unspecified atom stereocenters. The number of aromatic nitrogens is 1. The number of alkyl halides is 1. The zero-order chi connectivity index (χ0) is 10.4. The summed E-state index contributed by atoms with van der Waals surface area (Å²) < 4.78 is 0. The fraction of sp³-hybridized carbons (Fsp3) is 0.200. The van der Waals surface area contributed by atoms with Crippen LogP contribution in [-0.4, -0.2) is 10.3 Å². The molecule has 1 heterocycles. The molecule has 0 aliphatic heterocycles. The van der Waals surface area contributed by atoms with Gasteiger partial charge in [0.2, 0.25) is 0 Å².